The van der Waals surface area contributed by atoms with Gasteiger partial charge in [0, 0.05) is 43.7 Å². The molecule has 8 heteroatoms. The molecule has 2 unspecified atom stereocenters. The molecular weight excluding hydrogens is 477 g/mol. The molecule has 0 bridgehead atoms. The van der Waals surface area contributed by atoms with E-state index in [0.717, 1.165) is 24.6 Å². The van der Waals surface area contributed by atoms with Crippen molar-refractivity contribution in [2.75, 3.05) is 26.7 Å². The van der Waals surface area contributed by atoms with Gasteiger partial charge in [-0.05, 0) is 30.4 Å². The molecule has 6 nitrogen and oxygen atoms in total. The molecule has 0 aliphatic carbocycles. The molecule has 2 aromatic rings. The maximum absolute atomic E-state index is 6.02. The minimum Gasteiger partial charge on any atom is -0.356 e. The molecule has 0 saturated carbocycles. The molecule has 1 aliphatic rings. The van der Waals surface area contributed by atoms with Crippen LogP contribution in [0.2, 0.25) is 5.02 Å². The van der Waals surface area contributed by atoms with E-state index in [9.17, 15) is 0 Å². The first kappa shape index (κ1) is 21.9. The van der Waals surface area contributed by atoms with Crippen molar-refractivity contribution in [2.45, 2.75) is 26.7 Å². The first-order valence-corrected chi connectivity index (χ1v) is 9.47. The van der Waals surface area contributed by atoms with Crippen molar-refractivity contribution in [3.05, 3.63) is 35.2 Å². The normalized spacial score (nSPS) is 20.3. The number of nitrogens with one attached hydrogen (secondary N) is 1. The first-order valence-electron chi connectivity index (χ1n) is 9.09. The molecule has 2 heterocycles. The van der Waals surface area contributed by atoms with Gasteiger partial charge in [-0.3, -0.25) is 4.99 Å². The van der Waals surface area contributed by atoms with E-state index in [0.29, 0.717) is 41.5 Å². The summed E-state index contributed by atoms with van der Waals surface area (Å²) in [4.78, 5) is 11.2. The summed E-state index contributed by atoms with van der Waals surface area (Å²) in [6.45, 7) is 7.38. The zero-order chi connectivity index (χ0) is 18.5. The second-order valence-corrected chi connectivity index (χ2v) is 7.53. The number of hydrogen-bond donors (Lipinski definition) is 1. The molecule has 0 radical (unpaired) electrons. The molecule has 0 spiro atoms. The molecular formula is C19H27ClIN5O. The molecule has 148 valence electrons. The third-order valence-corrected chi connectivity index (χ3v) is 4.79. The molecule has 1 fully saturated rings. The van der Waals surface area contributed by atoms with Gasteiger partial charge in [-0.1, -0.05) is 42.7 Å². The molecule has 27 heavy (non-hydrogen) atoms. The second kappa shape index (κ2) is 10.3. The van der Waals surface area contributed by atoms with Crippen LogP contribution in [0.3, 0.4) is 0 Å². The van der Waals surface area contributed by atoms with Gasteiger partial charge in [-0.15, -0.1) is 24.0 Å². The van der Waals surface area contributed by atoms with Crippen LogP contribution in [0.25, 0.3) is 11.4 Å². The number of likely N-dealkylation sites (tertiary alicyclic amines) is 1. The Morgan fingerprint density at radius 3 is 2.74 bits per heavy atom. The van der Waals surface area contributed by atoms with Crippen LogP contribution in [0, 0.1) is 11.8 Å². The van der Waals surface area contributed by atoms with Crippen molar-refractivity contribution in [3.8, 4) is 11.4 Å². The van der Waals surface area contributed by atoms with E-state index in [1.54, 1.807) is 0 Å². The molecule has 1 N–H and O–H groups in total. The van der Waals surface area contributed by atoms with E-state index in [1.807, 2.05) is 31.3 Å². The third-order valence-electron chi connectivity index (χ3n) is 4.55. The number of rotatable bonds is 4. The topological polar surface area (TPSA) is 66.5 Å². The van der Waals surface area contributed by atoms with Crippen molar-refractivity contribution in [1.82, 2.24) is 20.4 Å². The molecule has 1 aliphatic heterocycles. The van der Waals surface area contributed by atoms with E-state index >= 15 is 0 Å². The molecule has 0 amide bonds. The van der Waals surface area contributed by atoms with Gasteiger partial charge in [-0.2, -0.15) is 4.98 Å². The molecule has 1 aromatic carbocycles. The van der Waals surface area contributed by atoms with Crippen LogP contribution in [0.15, 0.2) is 33.8 Å². The first-order chi connectivity index (χ1) is 12.5. The Kier molecular flexibility index (Phi) is 8.34. The minimum absolute atomic E-state index is 0. The number of halogens is 2. The molecule has 1 saturated heterocycles. The second-order valence-electron chi connectivity index (χ2n) is 7.10. The van der Waals surface area contributed by atoms with Gasteiger partial charge in [0.05, 0.1) is 0 Å². The number of aromatic nitrogens is 2. The maximum Gasteiger partial charge on any atom is 0.228 e. The summed E-state index contributed by atoms with van der Waals surface area (Å²) in [7, 11) is 1.83. The lowest BCUT2D eigenvalue weighted by molar-refractivity contribution is 0.208. The van der Waals surface area contributed by atoms with Gasteiger partial charge in [0.2, 0.25) is 11.7 Å². The SMILES string of the molecule is CN=C(NCCc1nc(-c2cccc(Cl)c2)no1)N1CC(C)CC(C)C1.I. The van der Waals surface area contributed by atoms with Gasteiger partial charge >= 0.3 is 0 Å². The number of aliphatic imine (C=N–C) groups is 1. The van der Waals surface area contributed by atoms with E-state index in [-0.39, 0.29) is 24.0 Å². The van der Waals surface area contributed by atoms with E-state index in [1.165, 1.54) is 6.42 Å². The molecule has 2 atom stereocenters. The van der Waals surface area contributed by atoms with Crippen LogP contribution in [-0.2, 0) is 6.42 Å². The van der Waals surface area contributed by atoms with Crippen molar-refractivity contribution < 1.29 is 4.52 Å². The Bertz CT molecular complexity index is 756. The van der Waals surface area contributed by atoms with E-state index in [2.05, 4.69) is 39.2 Å². The number of piperidine rings is 1. The summed E-state index contributed by atoms with van der Waals surface area (Å²) in [6.07, 6.45) is 1.92. The standard InChI is InChI=1S/C19H26ClN5O.HI/c1-13-9-14(2)12-25(11-13)19(21-3)22-8-7-17-23-18(24-26-17)15-5-4-6-16(20)10-15;/h4-6,10,13-14H,7-9,11-12H2,1-3H3,(H,21,22);1H. The summed E-state index contributed by atoms with van der Waals surface area (Å²) in [6, 6.07) is 7.44. The van der Waals surface area contributed by atoms with Crippen LogP contribution in [-0.4, -0.2) is 47.7 Å². The highest BCUT2D eigenvalue weighted by Crippen LogP contribution is 2.21. The lowest BCUT2D eigenvalue weighted by atomic mass is 9.92. The monoisotopic (exact) mass is 503 g/mol. The van der Waals surface area contributed by atoms with Gasteiger partial charge in [0.15, 0.2) is 5.96 Å². The van der Waals surface area contributed by atoms with Crippen LogP contribution < -0.4 is 5.32 Å². The lowest BCUT2D eigenvalue weighted by Gasteiger charge is -2.37. The molecule has 1 aromatic heterocycles. The number of nitrogens with zero attached hydrogens (tertiary/aromatic N) is 4. The van der Waals surface area contributed by atoms with Gasteiger partial charge in [0.1, 0.15) is 0 Å². The zero-order valence-corrected chi connectivity index (χ0v) is 19.1. The maximum atomic E-state index is 6.02. The Labute approximate surface area is 182 Å². The fraction of sp³-hybridized carbons (Fsp3) is 0.526. The van der Waals surface area contributed by atoms with Crippen LogP contribution in [0.1, 0.15) is 26.2 Å². The van der Waals surface area contributed by atoms with E-state index < -0.39 is 0 Å². The van der Waals surface area contributed by atoms with Gasteiger partial charge in [-0.25, -0.2) is 0 Å². The Hall–Kier alpha value is -1.35. The quantitative estimate of drug-likeness (QED) is 0.386. The van der Waals surface area contributed by atoms with Gasteiger partial charge < -0.3 is 14.7 Å². The van der Waals surface area contributed by atoms with Crippen molar-refractivity contribution >= 4 is 41.5 Å². The van der Waals surface area contributed by atoms with Crippen LogP contribution >= 0.6 is 35.6 Å². The predicted octanol–water partition coefficient (Wildman–Crippen LogP) is 4.10. The summed E-state index contributed by atoms with van der Waals surface area (Å²) >= 11 is 6.02. The summed E-state index contributed by atoms with van der Waals surface area (Å²) in [5, 5.41) is 8.11. The Morgan fingerprint density at radius 1 is 1.33 bits per heavy atom. The Balaban J connectivity index is 0.00000261. The van der Waals surface area contributed by atoms with Crippen molar-refractivity contribution in [2.24, 2.45) is 16.8 Å². The minimum atomic E-state index is 0. The summed E-state index contributed by atoms with van der Waals surface area (Å²) in [5.41, 5.74) is 0.854. The summed E-state index contributed by atoms with van der Waals surface area (Å²) in [5.74, 6) is 3.48. The average Bonchev–Trinajstić information content (AvgIpc) is 3.07. The van der Waals surface area contributed by atoms with Gasteiger partial charge in [0.25, 0.3) is 0 Å². The fourth-order valence-electron chi connectivity index (χ4n) is 3.55. The van der Waals surface area contributed by atoms with Crippen LogP contribution in [0.5, 0.6) is 0 Å². The third kappa shape index (κ3) is 6.07. The number of hydrogen-bond acceptors (Lipinski definition) is 4. The molecule has 3 rings (SSSR count). The van der Waals surface area contributed by atoms with E-state index in [4.69, 9.17) is 16.1 Å². The highest BCUT2D eigenvalue weighted by Gasteiger charge is 2.23. The number of guanidine groups is 1. The zero-order valence-electron chi connectivity index (χ0n) is 16.0. The average molecular weight is 504 g/mol. The lowest BCUT2D eigenvalue weighted by Crippen LogP contribution is -2.48. The van der Waals surface area contributed by atoms with Crippen LogP contribution in [0.4, 0.5) is 0 Å². The Morgan fingerprint density at radius 2 is 2.07 bits per heavy atom. The summed E-state index contributed by atoms with van der Waals surface area (Å²) < 4.78 is 5.36. The largest absolute Gasteiger partial charge is 0.356 e. The fourth-order valence-corrected chi connectivity index (χ4v) is 3.74. The van der Waals surface area contributed by atoms with Crippen molar-refractivity contribution in [3.63, 3.8) is 0 Å². The predicted molar refractivity (Wildman–Crippen MR) is 120 cm³/mol. The highest BCUT2D eigenvalue weighted by atomic mass is 127. The number of benzene rings is 1. The smallest absolute Gasteiger partial charge is 0.228 e. The highest BCUT2D eigenvalue weighted by molar-refractivity contribution is 14.0. The van der Waals surface area contributed by atoms with Crippen molar-refractivity contribution in [1.29, 1.82) is 0 Å².